The first kappa shape index (κ1) is 12.3. The second-order valence-electron chi connectivity index (χ2n) is 3.22. The average molecular weight is 288 g/mol. The first-order valence-electron chi connectivity index (χ1n) is 4.63. The molecule has 1 aromatic carbocycles. The third-order valence-corrected chi connectivity index (χ3v) is 3.29. The van der Waals surface area contributed by atoms with E-state index in [9.17, 15) is 4.79 Å². The Hall–Kier alpha value is -1.17. The Morgan fingerprint density at radius 2 is 2.12 bits per heavy atom. The van der Waals surface area contributed by atoms with Gasteiger partial charge in [0.2, 0.25) is 11.0 Å². The molecule has 1 aromatic heterocycles. The van der Waals surface area contributed by atoms with Crippen molar-refractivity contribution in [2.45, 2.75) is 6.92 Å². The predicted molar refractivity (Wildman–Crippen MR) is 69.7 cm³/mol. The maximum absolute atomic E-state index is 10.9. The van der Waals surface area contributed by atoms with Crippen molar-refractivity contribution in [1.82, 2.24) is 10.2 Å². The molecule has 1 N–H and O–H groups in total. The molecular formula is C10H7Cl2N3OS. The monoisotopic (exact) mass is 287 g/mol. The van der Waals surface area contributed by atoms with Gasteiger partial charge in [0.05, 0.1) is 5.02 Å². The molecule has 0 atom stereocenters. The lowest BCUT2D eigenvalue weighted by molar-refractivity contribution is -0.114. The van der Waals surface area contributed by atoms with Gasteiger partial charge in [-0.2, -0.15) is 0 Å². The van der Waals surface area contributed by atoms with E-state index in [0.29, 0.717) is 20.2 Å². The SMILES string of the molecule is CC(=O)Nc1nnc(-c2ccc(Cl)cc2Cl)s1. The Balaban J connectivity index is 2.33. The van der Waals surface area contributed by atoms with Crippen LogP contribution in [-0.2, 0) is 4.79 Å². The quantitative estimate of drug-likeness (QED) is 0.920. The van der Waals surface area contributed by atoms with Gasteiger partial charge in [0.15, 0.2) is 5.01 Å². The molecule has 0 unspecified atom stereocenters. The second-order valence-corrected chi connectivity index (χ2v) is 5.04. The second kappa shape index (κ2) is 5.00. The molecule has 17 heavy (non-hydrogen) atoms. The van der Waals surface area contributed by atoms with Crippen LogP contribution >= 0.6 is 34.5 Å². The summed E-state index contributed by atoms with van der Waals surface area (Å²) in [5.74, 6) is -0.185. The lowest BCUT2D eigenvalue weighted by Crippen LogP contribution is -2.04. The molecule has 0 radical (unpaired) electrons. The van der Waals surface area contributed by atoms with Gasteiger partial charge in [-0.1, -0.05) is 34.5 Å². The molecule has 0 spiro atoms. The van der Waals surface area contributed by atoms with Gasteiger partial charge in [-0.25, -0.2) is 0 Å². The minimum atomic E-state index is -0.185. The van der Waals surface area contributed by atoms with E-state index in [1.165, 1.54) is 18.3 Å². The number of hydrogen-bond acceptors (Lipinski definition) is 4. The van der Waals surface area contributed by atoms with Gasteiger partial charge in [-0.05, 0) is 18.2 Å². The molecule has 88 valence electrons. The fourth-order valence-electron chi connectivity index (χ4n) is 1.20. The van der Waals surface area contributed by atoms with Crippen molar-refractivity contribution in [3.63, 3.8) is 0 Å². The lowest BCUT2D eigenvalue weighted by atomic mass is 10.2. The molecule has 0 saturated carbocycles. The standard InChI is InChI=1S/C10H7Cl2N3OS/c1-5(16)13-10-15-14-9(17-10)7-3-2-6(11)4-8(7)12/h2-4H,1H3,(H,13,15,16). The Morgan fingerprint density at radius 1 is 1.35 bits per heavy atom. The molecule has 4 nitrogen and oxygen atoms in total. The van der Waals surface area contributed by atoms with E-state index in [2.05, 4.69) is 15.5 Å². The number of hydrogen-bond donors (Lipinski definition) is 1. The van der Waals surface area contributed by atoms with Crippen molar-refractivity contribution in [2.24, 2.45) is 0 Å². The minimum Gasteiger partial charge on any atom is -0.301 e. The topological polar surface area (TPSA) is 54.9 Å². The van der Waals surface area contributed by atoms with Gasteiger partial charge >= 0.3 is 0 Å². The third kappa shape index (κ3) is 2.94. The zero-order valence-electron chi connectivity index (χ0n) is 8.70. The molecule has 0 saturated heterocycles. The summed E-state index contributed by atoms with van der Waals surface area (Å²) in [5, 5.41) is 12.5. The van der Waals surface area contributed by atoms with Crippen molar-refractivity contribution in [1.29, 1.82) is 0 Å². The number of halogens is 2. The van der Waals surface area contributed by atoms with Crippen molar-refractivity contribution in [3.8, 4) is 10.6 Å². The van der Waals surface area contributed by atoms with Crippen molar-refractivity contribution >= 4 is 45.6 Å². The van der Waals surface area contributed by atoms with Crippen LogP contribution in [0.3, 0.4) is 0 Å². The van der Waals surface area contributed by atoms with E-state index >= 15 is 0 Å². The highest BCUT2D eigenvalue weighted by Crippen LogP contribution is 2.33. The van der Waals surface area contributed by atoms with E-state index in [-0.39, 0.29) is 5.91 Å². The lowest BCUT2D eigenvalue weighted by Gasteiger charge is -1.99. The molecule has 2 aromatic rings. The van der Waals surface area contributed by atoms with E-state index in [1.807, 2.05) is 0 Å². The molecule has 0 aliphatic carbocycles. The van der Waals surface area contributed by atoms with Crippen molar-refractivity contribution < 1.29 is 4.79 Å². The molecule has 0 aliphatic heterocycles. The number of nitrogens with zero attached hydrogens (tertiary/aromatic N) is 2. The smallest absolute Gasteiger partial charge is 0.223 e. The van der Waals surface area contributed by atoms with E-state index in [4.69, 9.17) is 23.2 Å². The normalized spacial score (nSPS) is 10.3. The fraction of sp³-hybridized carbons (Fsp3) is 0.100. The van der Waals surface area contributed by atoms with E-state index < -0.39 is 0 Å². The zero-order chi connectivity index (χ0) is 12.4. The first-order chi connectivity index (χ1) is 8.06. The Kier molecular flexibility index (Phi) is 3.61. The van der Waals surface area contributed by atoms with Crippen LogP contribution in [0.5, 0.6) is 0 Å². The molecule has 7 heteroatoms. The number of amides is 1. The maximum atomic E-state index is 10.9. The Bertz CT molecular complexity index is 570. The average Bonchev–Trinajstić information content (AvgIpc) is 2.65. The molecule has 0 fully saturated rings. The number of anilines is 1. The summed E-state index contributed by atoms with van der Waals surface area (Å²) in [6.45, 7) is 1.41. The first-order valence-corrected chi connectivity index (χ1v) is 6.20. The minimum absolute atomic E-state index is 0.185. The molecule has 0 bridgehead atoms. The highest BCUT2D eigenvalue weighted by molar-refractivity contribution is 7.18. The fourth-order valence-corrected chi connectivity index (χ4v) is 2.58. The highest BCUT2D eigenvalue weighted by Gasteiger charge is 2.11. The van der Waals surface area contributed by atoms with Crippen LogP contribution < -0.4 is 5.32 Å². The zero-order valence-corrected chi connectivity index (χ0v) is 11.0. The van der Waals surface area contributed by atoms with Gasteiger partial charge in [0.25, 0.3) is 0 Å². The number of benzene rings is 1. The summed E-state index contributed by atoms with van der Waals surface area (Å²) in [5.41, 5.74) is 0.741. The predicted octanol–water partition coefficient (Wildman–Crippen LogP) is 3.47. The summed E-state index contributed by atoms with van der Waals surface area (Å²) in [4.78, 5) is 10.9. The molecule has 1 heterocycles. The van der Waals surface area contributed by atoms with Crippen molar-refractivity contribution in [3.05, 3.63) is 28.2 Å². The van der Waals surface area contributed by atoms with Crippen LogP contribution in [0.4, 0.5) is 5.13 Å². The summed E-state index contributed by atoms with van der Waals surface area (Å²) in [6.07, 6.45) is 0. The van der Waals surface area contributed by atoms with Crippen LogP contribution in [-0.4, -0.2) is 16.1 Å². The van der Waals surface area contributed by atoms with Gasteiger partial charge < -0.3 is 5.32 Å². The van der Waals surface area contributed by atoms with Gasteiger partial charge in [-0.3, -0.25) is 4.79 Å². The highest BCUT2D eigenvalue weighted by atomic mass is 35.5. The largest absolute Gasteiger partial charge is 0.301 e. The number of carbonyl (C=O) groups is 1. The van der Waals surface area contributed by atoms with E-state index in [1.54, 1.807) is 18.2 Å². The maximum Gasteiger partial charge on any atom is 0.223 e. The summed E-state index contributed by atoms with van der Waals surface area (Å²) < 4.78 is 0. The molecule has 0 aliphatic rings. The van der Waals surface area contributed by atoms with Gasteiger partial charge in [0, 0.05) is 17.5 Å². The third-order valence-electron chi connectivity index (χ3n) is 1.87. The Morgan fingerprint density at radius 3 is 2.76 bits per heavy atom. The van der Waals surface area contributed by atoms with Crippen LogP contribution in [0.25, 0.3) is 10.6 Å². The number of carbonyl (C=O) groups excluding carboxylic acids is 1. The van der Waals surface area contributed by atoms with Crippen LogP contribution in [0.1, 0.15) is 6.92 Å². The summed E-state index contributed by atoms with van der Waals surface area (Å²) in [7, 11) is 0. The van der Waals surface area contributed by atoms with Crippen LogP contribution in [0.15, 0.2) is 18.2 Å². The summed E-state index contributed by atoms with van der Waals surface area (Å²) >= 11 is 13.1. The molecule has 1 amide bonds. The number of nitrogens with one attached hydrogen (secondary N) is 1. The molecular weight excluding hydrogens is 281 g/mol. The van der Waals surface area contributed by atoms with Gasteiger partial charge in [-0.15, -0.1) is 10.2 Å². The molecule has 2 rings (SSSR count). The number of aromatic nitrogens is 2. The number of rotatable bonds is 2. The Labute approximate surface area is 112 Å². The van der Waals surface area contributed by atoms with Crippen LogP contribution in [0.2, 0.25) is 10.0 Å². The van der Waals surface area contributed by atoms with Gasteiger partial charge in [0.1, 0.15) is 0 Å². The van der Waals surface area contributed by atoms with Crippen LogP contribution in [0, 0.1) is 0 Å². The van der Waals surface area contributed by atoms with Crippen molar-refractivity contribution in [2.75, 3.05) is 5.32 Å². The van der Waals surface area contributed by atoms with E-state index in [0.717, 1.165) is 5.56 Å². The summed E-state index contributed by atoms with van der Waals surface area (Å²) in [6, 6.07) is 5.13.